The summed E-state index contributed by atoms with van der Waals surface area (Å²) in [6.45, 7) is 5.29. The van der Waals surface area contributed by atoms with Crippen LogP contribution in [0.2, 0.25) is 0 Å². The van der Waals surface area contributed by atoms with Gasteiger partial charge in [-0.2, -0.15) is 0 Å². The van der Waals surface area contributed by atoms with Gasteiger partial charge in [-0.25, -0.2) is 0 Å². The minimum atomic E-state index is 0.256. The maximum absolute atomic E-state index is 11.9. The van der Waals surface area contributed by atoms with Crippen molar-refractivity contribution in [1.29, 1.82) is 0 Å². The lowest BCUT2D eigenvalue weighted by Gasteiger charge is -2.20. The molecule has 100 valence electrons. The monoisotopic (exact) mass is 242 g/mol. The van der Waals surface area contributed by atoms with Crippen LogP contribution in [0.1, 0.15) is 45.4 Å². The first-order valence-electron chi connectivity index (χ1n) is 6.87. The van der Waals surface area contributed by atoms with Crippen molar-refractivity contribution in [2.45, 2.75) is 51.6 Å². The molecule has 0 aromatic carbocycles. The van der Waals surface area contributed by atoms with E-state index < -0.39 is 0 Å². The van der Waals surface area contributed by atoms with Crippen LogP contribution < -0.4 is 5.73 Å². The zero-order chi connectivity index (χ0) is 12.5. The van der Waals surface area contributed by atoms with E-state index >= 15 is 0 Å². The number of hydrogen-bond acceptors (Lipinski definition) is 3. The Morgan fingerprint density at radius 3 is 2.94 bits per heavy atom. The van der Waals surface area contributed by atoms with Crippen molar-refractivity contribution in [1.82, 2.24) is 4.90 Å². The Balaban J connectivity index is 2.28. The zero-order valence-corrected chi connectivity index (χ0v) is 11.0. The molecule has 1 heterocycles. The lowest BCUT2D eigenvalue weighted by molar-refractivity contribution is -0.131. The highest BCUT2D eigenvalue weighted by Gasteiger charge is 2.20. The van der Waals surface area contributed by atoms with E-state index in [0.717, 1.165) is 51.8 Å². The normalized spacial score (nSPS) is 21.3. The number of likely N-dealkylation sites (tertiary alicyclic amines) is 1. The van der Waals surface area contributed by atoms with Crippen molar-refractivity contribution >= 4 is 5.91 Å². The summed E-state index contributed by atoms with van der Waals surface area (Å²) >= 11 is 0. The van der Waals surface area contributed by atoms with Crippen LogP contribution in [0.5, 0.6) is 0 Å². The summed E-state index contributed by atoms with van der Waals surface area (Å²) in [5, 5.41) is 0. The highest BCUT2D eigenvalue weighted by molar-refractivity contribution is 5.76. The molecular weight excluding hydrogens is 216 g/mol. The van der Waals surface area contributed by atoms with Crippen molar-refractivity contribution in [3.63, 3.8) is 0 Å². The molecular formula is C13H26N2O2. The Kier molecular flexibility index (Phi) is 7.21. The molecule has 1 aliphatic rings. The average Bonchev–Trinajstić information content (AvgIpc) is 2.59. The fourth-order valence-electron chi connectivity index (χ4n) is 2.18. The van der Waals surface area contributed by atoms with Crippen LogP contribution >= 0.6 is 0 Å². The van der Waals surface area contributed by atoms with E-state index in [4.69, 9.17) is 10.5 Å². The van der Waals surface area contributed by atoms with Gasteiger partial charge in [0, 0.05) is 26.1 Å². The first-order valence-corrected chi connectivity index (χ1v) is 6.87. The third-order valence-electron chi connectivity index (χ3n) is 3.18. The fraction of sp³-hybridized carbons (Fsp3) is 0.923. The number of carbonyl (C=O) groups excluding carboxylic acids is 1. The number of ether oxygens (including phenoxy) is 1. The minimum absolute atomic E-state index is 0.256. The Morgan fingerprint density at radius 2 is 2.24 bits per heavy atom. The molecule has 0 aromatic rings. The Bertz CT molecular complexity index is 221. The number of nitrogens with zero attached hydrogens (tertiary/aromatic N) is 1. The topological polar surface area (TPSA) is 55.6 Å². The Hall–Kier alpha value is -0.610. The number of nitrogens with two attached hydrogens (primary N) is 1. The lowest BCUT2D eigenvalue weighted by atomic mass is 10.2. The number of amides is 1. The van der Waals surface area contributed by atoms with Gasteiger partial charge in [-0.15, -0.1) is 0 Å². The van der Waals surface area contributed by atoms with Crippen LogP contribution in [-0.2, 0) is 9.53 Å². The molecule has 1 saturated heterocycles. The van der Waals surface area contributed by atoms with Crippen molar-refractivity contribution in [3.8, 4) is 0 Å². The number of carbonyl (C=O) groups is 1. The second-order valence-corrected chi connectivity index (χ2v) is 4.70. The molecule has 1 unspecified atom stereocenters. The summed E-state index contributed by atoms with van der Waals surface area (Å²) in [6, 6.07) is 0. The van der Waals surface area contributed by atoms with Crippen LogP contribution in [0.25, 0.3) is 0 Å². The molecule has 0 saturated carbocycles. The van der Waals surface area contributed by atoms with E-state index in [2.05, 4.69) is 6.92 Å². The number of hydrogen-bond donors (Lipinski definition) is 1. The molecule has 2 N–H and O–H groups in total. The Labute approximate surface area is 104 Å². The van der Waals surface area contributed by atoms with E-state index in [9.17, 15) is 4.79 Å². The van der Waals surface area contributed by atoms with E-state index in [1.165, 1.54) is 0 Å². The second kappa shape index (κ2) is 8.48. The lowest BCUT2D eigenvalue weighted by Crippen LogP contribution is -2.32. The van der Waals surface area contributed by atoms with Crippen LogP contribution in [0.4, 0.5) is 0 Å². The van der Waals surface area contributed by atoms with Crippen LogP contribution in [-0.4, -0.2) is 43.2 Å². The maximum Gasteiger partial charge on any atom is 0.222 e. The molecule has 17 heavy (non-hydrogen) atoms. The van der Waals surface area contributed by atoms with Crippen LogP contribution in [0.15, 0.2) is 0 Å². The van der Waals surface area contributed by atoms with E-state index in [-0.39, 0.29) is 5.91 Å². The zero-order valence-electron chi connectivity index (χ0n) is 11.0. The van der Waals surface area contributed by atoms with Gasteiger partial charge in [-0.05, 0) is 38.6 Å². The summed E-state index contributed by atoms with van der Waals surface area (Å²) in [4.78, 5) is 13.8. The van der Waals surface area contributed by atoms with Crippen molar-refractivity contribution in [2.24, 2.45) is 5.73 Å². The molecule has 0 bridgehead atoms. The summed E-state index contributed by atoms with van der Waals surface area (Å²) in [7, 11) is 0. The van der Waals surface area contributed by atoms with E-state index in [1.807, 2.05) is 4.90 Å². The third-order valence-corrected chi connectivity index (χ3v) is 3.18. The second-order valence-electron chi connectivity index (χ2n) is 4.70. The molecule has 0 spiro atoms. The smallest absolute Gasteiger partial charge is 0.222 e. The van der Waals surface area contributed by atoms with Gasteiger partial charge < -0.3 is 15.4 Å². The van der Waals surface area contributed by atoms with E-state index in [0.29, 0.717) is 19.1 Å². The SMILES string of the molecule is CCCOC1CCCN(C(=O)CCCN)CC1. The summed E-state index contributed by atoms with van der Waals surface area (Å²) in [5.41, 5.74) is 5.42. The van der Waals surface area contributed by atoms with Crippen molar-refractivity contribution in [2.75, 3.05) is 26.2 Å². The molecule has 1 fully saturated rings. The highest BCUT2D eigenvalue weighted by atomic mass is 16.5. The van der Waals surface area contributed by atoms with E-state index in [1.54, 1.807) is 0 Å². The van der Waals surface area contributed by atoms with Crippen molar-refractivity contribution in [3.05, 3.63) is 0 Å². The summed E-state index contributed by atoms with van der Waals surface area (Å²) < 4.78 is 5.76. The van der Waals surface area contributed by atoms with Gasteiger partial charge in [-0.3, -0.25) is 4.79 Å². The van der Waals surface area contributed by atoms with Gasteiger partial charge in [0.2, 0.25) is 5.91 Å². The van der Waals surface area contributed by atoms with Gasteiger partial charge in [0.15, 0.2) is 0 Å². The molecule has 0 radical (unpaired) electrons. The van der Waals surface area contributed by atoms with Gasteiger partial charge in [-0.1, -0.05) is 6.92 Å². The predicted octanol–water partition coefficient (Wildman–Crippen LogP) is 1.53. The first-order chi connectivity index (χ1) is 8.27. The van der Waals surface area contributed by atoms with Gasteiger partial charge in [0.05, 0.1) is 6.10 Å². The van der Waals surface area contributed by atoms with Gasteiger partial charge in [0.25, 0.3) is 0 Å². The molecule has 1 rings (SSSR count). The molecule has 0 aliphatic carbocycles. The summed E-state index contributed by atoms with van der Waals surface area (Å²) in [6.07, 6.45) is 5.93. The first kappa shape index (κ1) is 14.5. The van der Waals surface area contributed by atoms with Crippen molar-refractivity contribution < 1.29 is 9.53 Å². The molecule has 1 amide bonds. The number of rotatable bonds is 6. The molecule has 0 aromatic heterocycles. The molecule has 1 aliphatic heterocycles. The van der Waals surface area contributed by atoms with Gasteiger partial charge in [0.1, 0.15) is 0 Å². The molecule has 1 atom stereocenters. The Morgan fingerprint density at radius 1 is 1.41 bits per heavy atom. The maximum atomic E-state index is 11.9. The molecule has 4 nitrogen and oxygen atoms in total. The standard InChI is InChI=1S/C13H26N2O2/c1-2-11-17-12-5-4-9-15(10-7-12)13(16)6-3-8-14/h12H,2-11,14H2,1H3. The largest absolute Gasteiger partial charge is 0.378 e. The third kappa shape index (κ3) is 5.50. The fourth-order valence-corrected chi connectivity index (χ4v) is 2.18. The summed E-state index contributed by atoms with van der Waals surface area (Å²) in [5.74, 6) is 0.256. The van der Waals surface area contributed by atoms with Crippen LogP contribution in [0.3, 0.4) is 0 Å². The minimum Gasteiger partial charge on any atom is -0.378 e. The molecule has 4 heteroatoms. The average molecular weight is 242 g/mol. The van der Waals surface area contributed by atoms with Gasteiger partial charge >= 0.3 is 0 Å². The predicted molar refractivity (Wildman–Crippen MR) is 68.8 cm³/mol. The van der Waals surface area contributed by atoms with Crippen LogP contribution in [0, 0.1) is 0 Å². The highest BCUT2D eigenvalue weighted by Crippen LogP contribution is 2.15. The quantitative estimate of drug-likeness (QED) is 0.768.